The number of rotatable bonds is 3. The summed E-state index contributed by atoms with van der Waals surface area (Å²) in [6.07, 6.45) is 1.63. The average molecular weight is 302 g/mol. The molecule has 3 nitrogen and oxygen atoms in total. The number of halogens is 2. The van der Waals surface area contributed by atoms with Crippen LogP contribution < -0.4 is 0 Å². The van der Waals surface area contributed by atoms with Gasteiger partial charge in [0.1, 0.15) is 0 Å². The van der Waals surface area contributed by atoms with Gasteiger partial charge in [0, 0.05) is 6.54 Å². The summed E-state index contributed by atoms with van der Waals surface area (Å²) in [5.41, 5.74) is 1.05. The molecule has 104 valence electrons. The lowest BCUT2D eigenvalue weighted by Crippen LogP contribution is -2.42. The van der Waals surface area contributed by atoms with Gasteiger partial charge in [0.15, 0.2) is 0 Å². The molecule has 5 heteroatoms. The van der Waals surface area contributed by atoms with E-state index >= 15 is 0 Å². The molecule has 1 unspecified atom stereocenters. The summed E-state index contributed by atoms with van der Waals surface area (Å²) in [6.45, 7) is 1.55. The van der Waals surface area contributed by atoms with E-state index in [0.717, 1.165) is 24.9 Å². The Bertz CT molecular complexity index is 479. The minimum absolute atomic E-state index is 0.158. The molecule has 0 aromatic heterocycles. The molecule has 0 amide bonds. The number of hydrogen-bond acceptors (Lipinski definition) is 2. The maximum Gasteiger partial charge on any atom is 0.308 e. The van der Waals surface area contributed by atoms with Crippen molar-refractivity contribution in [2.45, 2.75) is 12.8 Å². The topological polar surface area (TPSA) is 40.5 Å². The van der Waals surface area contributed by atoms with Gasteiger partial charge in [-0.2, -0.15) is 0 Å². The number of carbonyl (C=O) groups is 1. The van der Waals surface area contributed by atoms with E-state index in [1.165, 1.54) is 0 Å². The molecule has 1 aromatic rings. The Hall–Kier alpha value is -0.770. The lowest BCUT2D eigenvalue weighted by atomic mass is 9.81. The number of nitrogens with zero attached hydrogens (tertiary/aromatic N) is 1. The van der Waals surface area contributed by atoms with Crippen LogP contribution in [0.4, 0.5) is 0 Å². The summed E-state index contributed by atoms with van der Waals surface area (Å²) in [5.74, 6) is -0.865. The van der Waals surface area contributed by atoms with Crippen molar-refractivity contribution in [3.63, 3.8) is 0 Å². The molecule has 1 N–H and O–H groups in total. The molecule has 1 heterocycles. The molecule has 1 saturated heterocycles. The SMILES string of the molecule is CN1CCC(Cc2ccc(Cl)c(Cl)c2)[C@H](C(=O)O)C1. The fraction of sp³-hybridized carbons (Fsp3) is 0.500. The highest BCUT2D eigenvalue weighted by atomic mass is 35.5. The number of aliphatic carboxylic acids is 1. The van der Waals surface area contributed by atoms with Crippen molar-refractivity contribution in [1.29, 1.82) is 0 Å². The summed E-state index contributed by atoms with van der Waals surface area (Å²) in [4.78, 5) is 13.4. The Kier molecular flexibility index (Phi) is 4.71. The maximum atomic E-state index is 11.3. The van der Waals surface area contributed by atoms with Crippen molar-refractivity contribution in [1.82, 2.24) is 4.90 Å². The number of carboxylic acid groups (broad SMARTS) is 1. The molecule has 2 atom stereocenters. The van der Waals surface area contributed by atoms with Crippen LogP contribution in [0.1, 0.15) is 12.0 Å². The summed E-state index contributed by atoms with van der Waals surface area (Å²) >= 11 is 11.9. The molecule has 0 radical (unpaired) electrons. The molecule has 1 aliphatic rings. The third kappa shape index (κ3) is 3.62. The number of hydrogen-bond donors (Lipinski definition) is 1. The van der Waals surface area contributed by atoms with Gasteiger partial charge in [-0.05, 0) is 50.0 Å². The van der Waals surface area contributed by atoms with Crippen molar-refractivity contribution >= 4 is 29.2 Å². The predicted octanol–water partition coefficient (Wildman–Crippen LogP) is 3.19. The number of piperidine rings is 1. The summed E-state index contributed by atoms with van der Waals surface area (Å²) < 4.78 is 0. The molecule has 0 aliphatic carbocycles. The highest BCUT2D eigenvalue weighted by Crippen LogP contribution is 2.29. The first-order valence-electron chi connectivity index (χ1n) is 6.32. The Morgan fingerprint density at radius 2 is 2.16 bits per heavy atom. The van der Waals surface area contributed by atoms with E-state index in [2.05, 4.69) is 4.90 Å². The van der Waals surface area contributed by atoms with E-state index < -0.39 is 5.97 Å². The third-order valence-corrected chi connectivity index (χ3v) is 4.50. The molecule has 1 aromatic carbocycles. The second kappa shape index (κ2) is 6.12. The van der Waals surface area contributed by atoms with Crippen LogP contribution in [0.2, 0.25) is 10.0 Å². The van der Waals surface area contributed by atoms with Crippen LogP contribution in [0, 0.1) is 11.8 Å². The first kappa shape index (κ1) is 14.6. The van der Waals surface area contributed by atoms with E-state index in [1.807, 2.05) is 19.2 Å². The average Bonchev–Trinajstić information content (AvgIpc) is 2.36. The van der Waals surface area contributed by atoms with Gasteiger partial charge in [-0.1, -0.05) is 29.3 Å². The number of likely N-dealkylation sites (tertiary alicyclic amines) is 1. The molecule has 0 bridgehead atoms. The van der Waals surface area contributed by atoms with E-state index in [9.17, 15) is 9.90 Å². The number of carboxylic acids is 1. The van der Waals surface area contributed by atoms with Crippen LogP contribution in [-0.2, 0) is 11.2 Å². The van der Waals surface area contributed by atoms with Crippen molar-refractivity contribution < 1.29 is 9.90 Å². The summed E-state index contributed by atoms with van der Waals surface area (Å²) in [6, 6.07) is 5.52. The molecular weight excluding hydrogens is 285 g/mol. The zero-order chi connectivity index (χ0) is 14.0. The molecular formula is C14H17Cl2NO2. The van der Waals surface area contributed by atoms with Crippen molar-refractivity contribution in [3.05, 3.63) is 33.8 Å². The van der Waals surface area contributed by atoms with Crippen LogP contribution in [0.25, 0.3) is 0 Å². The van der Waals surface area contributed by atoms with Gasteiger partial charge in [0.05, 0.1) is 16.0 Å². The Morgan fingerprint density at radius 3 is 2.79 bits per heavy atom. The van der Waals surface area contributed by atoms with Gasteiger partial charge >= 0.3 is 5.97 Å². The van der Waals surface area contributed by atoms with E-state index in [1.54, 1.807) is 6.07 Å². The van der Waals surface area contributed by atoms with Gasteiger partial charge in [-0.3, -0.25) is 4.79 Å². The molecule has 2 rings (SSSR count). The largest absolute Gasteiger partial charge is 0.481 e. The maximum absolute atomic E-state index is 11.3. The highest BCUT2D eigenvalue weighted by Gasteiger charge is 2.32. The van der Waals surface area contributed by atoms with Crippen LogP contribution in [0.15, 0.2) is 18.2 Å². The standard InChI is InChI=1S/C14H17Cl2NO2/c1-17-5-4-10(11(8-17)14(18)19)6-9-2-3-12(15)13(16)7-9/h2-3,7,10-11H,4-6,8H2,1H3,(H,18,19)/t10?,11-/m1/s1. The summed E-state index contributed by atoms with van der Waals surface area (Å²) in [7, 11) is 1.96. The van der Waals surface area contributed by atoms with Crippen LogP contribution in [0.5, 0.6) is 0 Å². The molecule has 1 aliphatic heterocycles. The quantitative estimate of drug-likeness (QED) is 0.932. The summed E-state index contributed by atoms with van der Waals surface area (Å²) in [5, 5.41) is 10.4. The lowest BCUT2D eigenvalue weighted by molar-refractivity contribution is -0.145. The van der Waals surface area contributed by atoms with E-state index in [-0.39, 0.29) is 11.8 Å². The van der Waals surface area contributed by atoms with Crippen molar-refractivity contribution in [3.8, 4) is 0 Å². The minimum atomic E-state index is -0.711. The van der Waals surface area contributed by atoms with Crippen LogP contribution in [-0.4, -0.2) is 36.1 Å². The van der Waals surface area contributed by atoms with Crippen LogP contribution in [0.3, 0.4) is 0 Å². The van der Waals surface area contributed by atoms with E-state index in [0.29, 0.717) is 16.6 Å². The second-order valence-electron chi connectivity index (χ2n) is 5.21. The highest BCUT2D eigenvalue weighted by molar-refractivity contribution is 6.42. The van der Waals surface area contributed by atoms with Gasteiger partial charge in [-0.25, -0.2) is 0 Å². The zero-order valence-corrected chi connectivity index (χ0v) is 12.3. The van der Waals surface area contributed by atoms with Crippen LogP contribution >= 0.6 is 23.2 Å². The lowest BCUT2D eigenvalue weighted by Gasteiger charge is -2.34. The Balaban J connectivity index is 2.11. The minimum Gasteiger partial charge on any atom is -0.481 e. The predicted molar refractivity (Wildman–Crippen MR) is 76.9 cm³/mol. The third-order valence-electron chi connectivity index (χ3n) is 3.76. The van der Waals surface area contributed by atoms with Gasteiger partial charge in [-0.15, -0.1) is 0 Å². The monoisotopic (exact) mass is 301 g/mol. The number of benzene rings is 1. The molecule has 0 saturated carbocycles. The van der Waals surface area contributed by atoms with Gasteiger partial charge in [0.2, 0.25) is 0 Å². The van der Waals surface area contributed by atoms with Gasteiger partial charge < -0.3 is 10.0 Å². The first-order chi connectivity index (χ1) is 8.97. The zero-order valence-electron chi connectivity index (χ0n) is 10.8. The first-order valence-corrected chi connectivity index (χ1v) is 7.08. The normalized spacial score (nSPS) is 24.4. The second-order valence-corrected chi connectivity index (χ2v) is 6.02. The van der Waals surface area contributed by atoms with Crippen molar-refractivity contribution in [2.75, 3.05) is 20.1 Å². The molecule has 19 heavy (non-hydrogen) atoms. The van der Waals surface area contributed by atoms with Gasteiger partial charge in [0.25, 0.3) is 0 Å². The van der Waals surface area contributed by atoms with Crippen molar-refractivity contribution in [2.24, 2.45) is 11.8 Å². The fourth-order valence-electron chi connectivity index (χ4n) is 2.66. The fourth-order valence-corrected chi connectivity index (χ4v) is 2.98. The Morgan fingerprint density at radius 1 is 1.42 bits per heavy atom. The Labute approximate surface area is 123 Å². The smallest absolute Gasteiger partial charge is 0.308 e. The molecule has 0 spiro atoms. The molecule has 1 fully saturated rings. The van der Waals surface area contributed by atoms with E-state index in [4.69, 9.17) is 23.2 Å².